The Morgan fingerprint density at radius 3 is 3.00 bits per heavy atom. The van der Waals surface area contributed by atoms with Gasteiger partial charge in [0.1, 0.15) is 0 Å². The number of hydrogen-bond acceptors (Lipinski definition) is 3. The maximum Gasteiger partial charge on any atom is 0.0945 e. The molecule has 0 amide bonds. The van der Waals surface area contributed by atoms with Crippen LogP contribution in [0, 0.1) is 0 Å². The number of nitrogens with one attached hydrogen (secondary N) is 1. The Bertz CT molecular complexity index is 336. The Labute approximate surface area is 109 Å². The lowest BCUT2D eigenvalue weighted by Crippen LogP contribution is -2.24. The van der Waals surface area contributed by atoms with Crippen molar-refractivity contribution < 1.29 is 9.84 Å². The smallest absolute Gasteiger partial charge is 0.0945 e. The zero-order valence-electron chi connectivity index (χ0n) is 9.04. The Kier molecular flexibility index (Phi) is 6.13. The molecule has 2 N–H and O–H groups in total. The maximum absolute atomic E-state index is 9.57. The van der Waals surface area contributed by atoms with Gasteiger partial charge in [-0.1, -0.05) is 11.6 Å². The molecule has 1 aromatic rings. The summed E-state index contributed by atoms with van der Waals surface area (Å²) < 4.78 is 6.03. The van der Waals surface area contributed by atoms with Crippen LogP contribution < -0.4 is 5.32 Å². The van der Waals surface area contributed by atoms with Crippen LogP contribution in [0.25, 0.3) is 0 Å². The minimum atomic E-state index is -0.522. The maximum atomic E-state index is 9.57. The van der Waals surface area contributed by atoms with Crippen molar-refractivity contribution in [3.8, 4) is 0 Å². The number of hydrogen-bond donors (Lipinski definition) is 2. The molecule has 0 aliphatic rings. The van der Waals surface area contributed by atoms with Crippen LogP contribution in [0.4, 0.5) is 5.69 Å². The molecule has 0 aromatic heterocycles. The average molecular weight is 309 g/mol. The Balaban J connectivity index is 2.44. The molecule has 0 aliphatic carbocycles. The molecule has 1 aromatic carbocycles. The molecular formula is C11H15BrClNO2. The highest BCUT2D eigenvalue weighted by Gasteiger charge is 2.05. The van der Waals surface area contributed by atoms with Gasteiger partial charge < -0.3 is 15.2 Å². The normalized spacial score (nSPS) is 12.5. The van der Waals surface area contributed by atoms with Crippen LogP contribution in [-0.4, -0.2) is 31.0 Å². The predicted molar refractivity (Wildman–Crippen MR) is 70.1 cm³/mol. The van der Waals surface area contributed by atoms with Crippen molar-refractivity contribution in [1.29, 1.82) is 0 Å². The lowest BCUT2D eigenvalue weighted by molar-refractivity contribution is 0.0496. The first kappa shape index (κ1) is 13.8. The SMILES string of the molecule is CCOCC(O)CNc1cc(Cl)ccc1Br. The van der Waals surface area contributed by atoms with Crippen LogP contribution in [0.2, 0.25) is 5.02 Å². The summed E-state index contributed by atoms with van der Waals surface area (Å²) in [6.45, 7) is 3.27. The number of halogens is 2. The van der Waals surface area contributed by atoms with Crippen molar-refractivity contribution in [2.75, 3.05) is 25.1 Å². The molecular weight excluding hydrogens is 293 g/mol. The van der Waals surface area contributed by atoms with E-state index in [4.69, 9.17) is 16.3 Å². The summed E-state index contributed by atoms with van der Waals surface area (Å²) in [5.41, 5.74) is 0.864. The van der Waals surface area contributed by atoms with Crippen LogP contribution in [-0.2, 0) is 4.74 Å². The zero-order chi connectivity index (χ0) is 12.0. The van der Waals surface area contributed by atoms with Gasteiger partial charge in [0.2, 0.25) is 0 Å². The van der Waals surface area contributed by atoms with E-state index in [9.17, 15) is 5.11 Å². The summed E-state index contributed by atoms with van der Waals surface area (Å²) >= 11 is 9.27. The van der Waals surface area contributed by atoms with Crippen molar-refractivity contribution >= 4 is 33.2 Å². The van der Waals surface area contributed by atoms with E-state index in [2.05, 4.69) is 21.2 Å². The molecule has 0 saturated heterocycles. The van der Waals surface area contributed by atoms with Gasteiger partial charge in [0.25, 0.3) is 0 Å². The molecule has 0 radical (unpaired) electrons. The first-order valence-electron chi connectivity index (χ1n) is 5.08. The number of aliphatic hydroxyl groups is 1. The van der Waals surface area contributed by atoms with E-state index >= 15 is 0 Å². The molecule has 0 heterocycles. The minimum absolute atomic E-state index is 0.335. The molecule has 0 saturated carbocycles. The minimum Gasteiger partial charge on any atom is -0.389 e. The molecule has 0 bridgehead atoms. The molecule has 0 fully saturated rings. The Morgan fingerprint density at radius 1 is 1.56 bits per heavy atom. The number of benzene rings is 1. The highest BCUT2D eigenvalue weighted by atomic mass is 79.9. The molecule has 1 atom stereocenters. The van der Waals surface area contributed by atoms with Gasteiger partial charge in [-0.05, 0) is 41.1 Å². The highest BCUT2D eigenvalue weighted by Crippen LogP contribution is 2.25. The second kappa shape index (κ2) is 7.12. The highest BCUT2D eigenvalue weighted by molar-refractivity contribution is 9.10. The standard InChI is InChI=1S/C11H15BrClNO2/c1-2-16-7-9(15)6-14-11-5-8(13)3-4-10(11)12/h3-5,9,14-15H,2,6-7H2,1H3. The van der Waals surface area contributed by atoms with Crippen LogP contribution >= 0.6 is 27.5 Å². The largest absolute Gasteiger partial charge is 0.389 e. The summed E-state index contributed by atoms with van der Waals surface area (Å²) in [6, 6.07) is 5.46. The van der Waals surface area contributed by atoms with Crippen LogP contribution in [0.1, 0.15) is 6.92 Å². The first-order valence-corrected chi connectivity index (χ1v) is 6.25. The lowest BCUT2D eigenvalue weighted by atomic mass is 10.3. The number of rotatable bonds is 6. The molecule has 0 spiro atoms. The van der Waals surface area contributed by atoms with Crippen molar-refractivity contribution in [3.05, 3.63) is 27.7 Å². The number of ether oxygens (including phenoxy) is 1. The van der Waals surface area contributed by atoms with E-state index < -0.39 is 6.10 Å². The van der Waals surface area contributed by atoms with E-state index in [1.54, 1.807) is 12.1 Å². The van der Waals surface area contributed by atoms with E-state index in [1.807, 2.05) is 13.0 Å². The van der Waals surface area contributed by atoms with E-state index in [-0.39, 0.29) is 0 Å². The fraction of sp³-hybridized carbons (Fsp3) is 0.455. The Hall–Kier alpha value is -0.290. The Morgan fingerprint density at radius 2 is 2.31 bits per heavy atom. The summed E-state index contributed by atoms with van der Waals surface area (Å²) in [7, 11) is 0. The summed E-state index contributed by atoms with van der Waals surface area (Å²) in [4.78, 5) is 0. The van der Waals surface area contributed by atoms with Gasteiger partial charge in [0, 0.05) is 28.3 Å². The van der Waals surface area contributed by atoms with Crippen LogP contribution in [0.15, 0.2) is 22.7 Å². The second-order valence-corrected chi connectivity index (χ2v) is 4.61. The van der Waals surface area contributed by atoms with E-state index in [0.717, 1.165) is 10.2 Å². The molecule has 1 rings (SSSR count). The van der Waals surface area contributed by atoms with Crippen molar-refractivity contribution in [2.24, 2.45) is 0 Å². The van der Waals surface area contributed by atoms with Gasteiger partial charge in [-0.3, -0.25) is 0 Å². The topological polar surface area (TPSA) is 41.5 Å². The van der Waals surface area contributed by atoms with Crippen molar-refractivity contribution in [1.82, 2.24) is 0 Å². The van der Waals surface area contributed by atoms with Gasteiger partial charge in [0.05, 0.1) is 12.7 Å². The van der Waals surface area contributed by atoms with Crippen molar-refractivity contribution in [2.45, 2.75) is 13.0 Å². The third-order valence-corrected chi connectivity index (χ3v) is 2.90. The molecule has 90 valence electrons. The van der Waals surface area contributed by atoms with Gasteiger partial charge in [-0.15, -0.1) is 0 Å². The zero-order valence-corrected chi connectivity index (χ0v) is 11.4. The molecule has 16 heavy (non-hydrogen) atoms. The summed E-state index contributed by atoms with van der Waals surface area (Å²) in [6.07, 6.45) is -0.522. The van der Waals surface area contributed by atoms with Gasteiger partial charge in [-0.25, -0.2) is 0 Å². The summed E-state index contributed by atoms with van der Waals surface area (Å²) in [5, 5.41) is 13.3. The molecule has 0 aliphatic heterocycles. The van der Waals surface area contributed by atoms with E-state index in [1.165, 1.54) is 0 Å². The molecule has 5 heteroatoms. The predicted octanol–water partition coefficient (Wildman–Crippen LogP) is 2.91. The quantitative estimate of drug-likeness (QED) is 0.849. The van der Waals surface area contributed by atoms with Gasteiger partial charge in [0.15, 0.2) is 0 Å². The van der Waals surface area contributed by atoms with Gasteiger partial charge >= 0.3 is 0 Å². The number of aliphatic hydroxyl groups excluding tert-OH is 1. The molecule has 1 unspecified atom stereocenters. The van der Waals surface area contributed by atoms with Crippen LogP contribution in [0.5, 0.6) is 0 Å². The third kappa shape index (κ3) is 4.70. The second-order valence-electron chi connectivity index (χ2n) is 3.32. The molecule has 3 nitrogen and oxygen atoms in total. The van der Waals surface area contributed by atoms with Gasteiger partial charge in [-0.2, -0.15) is 0 Å². The fourth-order valence-corrected chi connectivity index (χ4v) is 1.73. The number of anilines is 1. The third-order valence-electron chi connectivity index (χ3n) is 1.97. The van der Waals surface area contributed by atoms with Crippen molar-refractivity contribution in [3.63, 3.8) is 0 Å². The monoisotopic (exact) mass is 307 g/mol. The lowest BCUT2D eigenvalue weighted by Gasteiger charge is -2.13. The fourth-order valence-electron chi connectivity index (χ4n) is 1.17. The summed E-state index contributed by atoms with van der Waals surface area (Å²) in [5.74, 6) is 0. The van der Waals surface area contributed by atoms with E-state index in [0.29, 0.717) is 24.8 Å². The van der Waals surface area contributed by atoms with Crippen LogP contribution in [0.3, 0.4) is 0 Å². The average Bonchev–Trinajstić information content (AvgIpc) is 2.27. The first-order chi connectivity index (χ1) is 7.63.